The van der Waals surface area contributed by atoms with E-state index < -0.39 is 0 Å². The Labute approximate surface area is 96.8 Å². The lowest BCUT2D eigenvalue weighted by Gasteiger charge is -2.29. The number of fused-ring (bicyclic) bond motifs is 1. The number of pyridine rings is 1. The van der Waals surface area contributed by atoms with Gasteiger partial charge in [0.25, 0.3) is 0 Å². The quantitative estimate of drug-likeness (QED) is 0.777. The number of nitrogens with zero attached hydrogens (tertiary/aromatic N) is 1. The molecule has 1 N–H and O–H groups in total. The fourth-order valence-corrected chi connectivity index (χ4v) is 2.91. The lowest BCUT2D eigenvalue weighted by atomic mass is 9.89. The smallest absolute Gasteiger partial charge is 0.0373 e. The third-order valence-electron chi connectivity index (χ3n) is 3.81. The monoisotopic (exact) mass is 214 g/mol. The van der Waals surface area contributed by atoms with Gasteiger partial charge in [-0.05, 0) is 55.9 Å². The highest BCUT2D eigenvalue weighted by atomic mass is 14.9. The molecule has 0 aromatic carbocycles. The molecular weight excluding hydrogens is 196 g/mol. The number of rotatable bonds is 1. The van der Waals surface area contributed by atoms with Gasteiger partial charge in [0.2, 0.25) is 0 Å². The second-order valence-electron chi connectivity index (χ2n) is 4.92. The number of aryl methyl sites for hydroxylation is 1. The Morgan fingerprint density at radius 3 is 3.12 bits per heavy atom. The van der Waals surface area contributed by atoms with Crippen LogP contribution in [0.1, 0.15) is 30.5 Å². The molecule has 2 atom stereocenters. The lowest BCUT2D eigenvalue weighted by Crippen LogP contribution is -2.39. The second-order valence-corrected chi connectivity index (χ2v) is 4.92. The first kappa shape index (κ1) is 10.0. The fourth-order valence-electron chi connectivity index (χ4n) is 2.91. The van der Waals surface area contributed by atoms with Crippen molar-refractivity contribution in [1.82, 2.24) is 10.3 Å². The van der Waals surface area contributed by atoms with Crippen molar-refractivity contribution in [3.8, 4) is 0 Å². The summed E-state index contributed by atoms with van der Waals surface area (Å²) in [6.45, 7) is 3.20. The summed E-state index contributed by atoms with van der Waals surface area (Å²) in [7, 11) is 0. The van der Waals surface area contributed by atoms with Crippen molar-refractivity contribution in [2.75, 3.05) is 6.54 Å². The van der Waals surface area contributed by atoms with Gasteiger partial charge < -0.3 is 5.32 Å². The minimum absolute atomic E-state index is 0.582. The molecule has 2 unspecified atom stereocenters. The van der Waals surface area contributed by atoms with Gasteiger partial charge in [0.1, 0.15) is 0 Å². The van der Waals surface area contributed by atoms with E-state index in [-0.39, 0.29) is 0 Å². The highest BCUT2D eigenvalue weighted by Gasteiger charge is 2.31. The Hall–Kier alpha value is -1.15. The highest BCUT2D eigenvalue weighted by Crippen LogP contribution is 2.36. The number of nitrogens with one attached hydrogen (secondary N) is 1. The first-order chi connectivity index (χ1) is 7.84. The third kappa shape index (κ3) is 1.67. The van der Waals surface area contributed by atoms with Gasteiger partial charge in [0, 0.05) is 17.9 Å². The molecule has 16 heavy (non-hydrogen) atoms. The Kier molecular flexibility index (Phi) is 2.52. The van der Waals surface area contributed by atoms with E-state index in [0.717, 1.165) is 18.2 Å². The van der Waals surface area contributed by atoms with Crippen LogP contribution in [0.3, 0.4) is 0 Å². The van der Waals surface area contributed by atoms with Crippen LogP contribution in [0.4, 0.5) is 0 Å². The number of hydrogen-bond donors (Lipinski definition) is 1. The van der Waals surface area contributed by atoms with Crippen LogP contribution in [0.2, 0.25) is 0 Å². The molecule has 1 aliphatic heterocycles. The van der Waals surface area contributed by atoms with E-state index in [4.69, 9.17) is 0 Å². The van der Waals surface area contributed by atoms with Crippen molar-refractivity contribution in [3.63, 3.8) is 0 Å². The standard InChI is InChI=1S/C14H18N2/c1-10-4-5-12(9-16-10)13-7-6-11-3-2-8-15-14(11)13/h4-5,7,9,11,14-15H,2-3,6,8H2,1H3. The van der Waals surface area contributed by atoms with E-state index in [0.29, 0.717) is 6.04 Å². The number of aromatic nitrogens is 1. The maximum atomic E-state index is 4.39. The summed E-state index contributed by atoms with van der Waals surface area (Å²) in [6.07, 6.45) is 8.35. The molecule has 2 heteroatoms. The minimum Gasteiger partial charge on any atom is -0.310 e. The molecule has 1 aromatic heterocycles. The van der Waals surface area contributed by atoms with Gasteiger partial charge in [-0.1, -0.05) is 12.1 Å². The number of allylic oxidation sites excluding steroid dienone is 1. The normalized spacial score (nSPS) is 28.7. The average molecular weight is 214 g/mol. The summed E-state index contributed by atoms with van der Waals surface area (Å²) >= 11 is 0. The fraction of sp³-hybridized carbons (Fsp3) is 0.500. The zero-order valence-electron chi connectivity index (χ0n) is 9.74. The third-order valence-corrected chi connectivity index (χ3v) is 3.81. The first-order valence-corrected chi connectivity index (χ1v) is 6.21. The van der Waals surface area contributed by atoms with Crippen LogP contribution in [0.25, 0.3) is 5.57 Å². The molecule has 1 fully saturated rings. The van der Waals surface area contributed by atoms with Crippen molar-refractivity contribution in [1.29, 1.82) is 0 Å². The molecular formula is C14H18N2. The van der Waals surface area contributed by atoms with Crippen molar-refractivity contribution in [3.05, 3.63) is 35.7 Å². The van der Waals surface area contributed by atoms with E-state index in [1.165, 1.54) is 30.4 Å². The van der Waals surface area contributed by atoms with E-state index in [1.54, 1.807) is 0 Å². The largest absolute Gasteiger partial charge is 0.310 e. The van der Waals surface area contributed by atoms with Gasteiger partial charge in [-0.15, -0.1) is 0 Å². The van der Waals surface area contributed by atoms with Crippen molar-refractivity contribution < 1.29 is 0 Å². The molecule has 0 amide bonds. The molecule has 1 saturated heterocycles. The number of piperidine rings is 1. The molecule has 0 bridgehead atoms. The van der Waals surface area contributed by atoms with E-state index in [2.05, 4.69) is 28.5 Å². The van der Waals surface area contributed by atoms with Gasteiger partial charge in [-0.3, -0.25) is 4.98 Å². The average Bonchev–Trinajstić information content (AvgIpc) is 2.74. The van der Waals surface area contributed by atoms with Crippen LogP contribution in [0, 0.1) is 12.8 Å². The summed E-state index contributed by atoms with van der Waals surface area (Å²) < 4.78 is 0. The maximum absolute atomic E-state index is 4.39. The molecule has 0 spiro atoms. The van der Waals surface area contributed by atoms with Crippen molar-refractivity contribution in [2.24, 2.45) is 5.92 Å². The van der Waals surface area contributed by atoms with Crippen molar-refractivity contribution >= 4 is 5.57 Å². The molecule has 0 radical (unpaired) electrons. The lowest BCUT2D eigenvalue weighted by molar-refractivity contribution is 0.346. The van der Waals surface area contributed by atoms with Crippen LogP contribution in [-0.4, -0.2) is 17.6 Å². The predicted octanol–water partition coefficient (Wildman–Crippen LogP) is 2.55. The van der Waals surface area contributed by atoms with Gasteiger partial charge in [-0.25, -0.2) is 0 Å². The molecule has 0 saturated carbocycles. The van der Waals surface area contributed by atoms with E-state index in [1.807, 2.05) is 13.1 Å². The van der Waals surface area contributed by atoms with Crippen molar-refractivity contribution in [2.45, 2.75) is 32.2 Å². The molecule has 3 rings (SSSR count). The molecule has 84 valence electrons. The molecule has 1 aromatic rings. The van der Waals surface area contributed by atoms with Gasteiger partial charge in [-0.2, -0.15) is 0 Å². The SMILES string of the molecule is Cc1ccc(C2=CCC3CCCNC23)cn1. The van der Waals surface area contributed by atoms with E-state index in [9.17, 15) is 0 Å². The Bertz CT molecular complexity index is 405. The van der Waals surface area contributed by atoms with Crippen LogP contribution in [-0.2, 0) is 0 Å². The van der Waals surface area contributed by atoms with Gasteiger partial charge in [0.15, 0.2) is 0 Å². The van der Waals surface area contributed by atoms with Gasteiger partial charge >= 0.3 is 0 Å². The minimum atomic E-state index is 0.582. The van der Waals surface area contributed by atoms with Crippen LogP contribution < -0.4 is 5.32 Å². The summed E-state index contributed by atoms with van der Waals surface area (Å²) in [5.74, 6) is 0.824. The summed E-state index contributed by atoms with van der Waals surface area (Å²) in [6, 6.07) is 4.89. The summed E-state index contributed by atoms with van der Waals surface area (Å²) in [5, 5.41) is 3.65. The second kappa shape index (κ2) is 4.02. The Morgan fingerprint density at radius 1 is 1.38 bits per heavy atom. The molecule has 1 aliphatic carbocycles. The Morgan fingerprint density at radius 2 is 2.31 bits per heavy atom. The van der Waals surface area contributed by atoms with Gasteiger partial charge in [0.05, 0.1) is 0 Å². The Balaban J connectivity index is 1.87. The summed E-state index contributed by atoms with van der Waals surface area (Å²) in [4.78, 5) is 4.39. The molecule has 2 aliphatic rings. The molecule has 2 heterocycles. The topological polar surface area (TPSA) is 24.9 Å². The van der Waals surface area contributed by atoms with Crippen LogP contribution >= 0.6 is 0 Å². The molecule has 2 nitrogen and oxygen atoms in total. The van der Waals surface area contributed by atoms with Crippen LogP contribution in [0.15, 0.2) is 24.4 Å². The highest BCUT2D eigenvalue weighted by molar-refractivity contribution is 5.71. The zero-order valence-corrected chi connectivity index (χ0v) is 9.74. The van der Waals surface area contributed by atoms with Crippen LogP contribution in [0.5, 0.6) is 0 Å². The number of hydrogen-bond acceptors (Lipinski definition) is 2. The first-order valence-electron chi connectivity index (χ1n) is 6.21. The van der Waals surface area contributed by atoms with E-state index >= 15 is 0 Å². The zero-order chi connectivity index (χ0) is 11.0. The summed E-state index contributed by atoms with van der Waals surface area (Å²) in [5.41, 5.74) is 3.86. The predicted molar refractivity (Wildman–Crippen MR) is 66.1 cm³/mol. The maximum Gasteiger partial charge on any atom is 0.0373 e.